The Hall–Kier alpha value is -1.20. The number of ketones is 1. The van der Waals surface area contributed by atoms with E-state index in [4.69, 9.17) is 5.73 Å². The van der Waals surface area contributed by atoms with E-state index in [1.807, 2.05) is 18.2 Å². The minimum atomic E-state index is -2.99. The monoisotopic (exact) mass is 269 g/mol. The molecule has 1 rings (SSSR count). The zero-order valence-corrected chi connectivity index (χ0v) is 11.4. The number of carbonyl (C=O) groups excluding carboxylic acids is 1. The van der Waals surface area contributed by atoms with Crippen molar-refractivity contribution >= 4 is 15.6 Å². The molecule has 100 valence electrons. The van der Waals surface area contributed by atoms with Crippen LogP contribution in [-0.2, 0) is 16.3 Å². The summed E-state index contributed by atoms with van der Waals surface area (Å²) in [7, 11) is -2.99. The van der Waals surface area contributed by atoms with E-state index in [1.165, 1.54) is 6.26 Å². The third-order valence-corrected chi connectivity index (χ3v) is 3.68. The van der Waals surface area contributed by atoms with E-state index in [1.54, 1.807) is 6.07 Å². The predicted octanol–water partition coefficient (Wildman–Crippen LogP) is 1.20. The Balaban J connectivity index is 2.66. The first kappa shape index (κ1) is 14.9. The van der Waals surface area contributed by atoms with Crippen LogP contribution in [0.4, 0.5) is 0 Å². The lowest BCUT2D eigenvalue weighted by molar-refractivity contribution is 0.0981. The maximum Gasteiger partial charge on any atom is 0.163 e. The molecule has 18 heavy (non-hydrogen) atoms. The van der Waals surface area contributed by atoms with Crippen LogP contribution in [-0.4, -0.2) is 32.8 Å². The second-order valence-electron chi connectivity index (χ2n) is 4.35. The molecule has 0 fully saturated rings. The summed E-state index contributed by atoms with van der Waals surface area (Å²) in [5.74, 6) is 0.0420. The summed E-state index contributed by atoms with van der Waals surface area (Å²) in [4.78, 5) is 12.0. The molecule has 0 saturated carbocycles. The van der Waals surface area contributed by atoms with Crippen molar-refractivity contribution in [1.29, 1.82) is 0 Å². The van der Waals surface area contributed by atoms with Crippen molar-refractivity contribution < 1.29 is 13.2 Å². The van der Waals surface area contributed by atoms with Gasteiger partial charge in [0.15, 0.2) is 5.78 Å². The number of carbonyl (C=O) groups is 1. The lowest BCUT2D eigenvalue weighted by Crippen LogP contribution is -2.10. The molecular formula is C13H19NO3S. The minimum Gasteiger partial charge on any atom is -0.330 e. The lowest BCUT2D eigenvalue weighted by Gasteiger charge is -2.07. The van der Waals surface area contributed by atoms with Crippen molar-refractivity contribution in [1.82, 2.24) is 0 Å². The molecule has 0 saturated heterocycles. The molecule has 0 aromatic heterocycles. The van der Waals surface area contributed by atoms with Crippen LogP contribution in [0.1, 0.15) is 28.8 Å². The highest BCUT2D eigenvalue weighted by Crippen LogP contribution is 2.13. The van der Waals surface area contributed by atoms with Gasteiger partial charge in [-0.1, -0.05) is 24.3 Å². The number of rotatable bonds is 7. The quantitative estimate of drug-likeness (QED) is 0.754. The summed E-state index contributed by atoms with van der Waals surface area (Å²) in [5, 5.41) is 0. The van der Waals surface area contributed by atoms with Gasteiger partial charge in [0.25, 0.3) is 0 Å². The summed E-state index contributed by atoms with van der Waals surface area (Å²) < 4.78 is 22.0. The molecule has 0 aliphatic carbocycles. The SMILES string of the molecule is CS(=O)(=O)CCCC(=O)c1ccccc1CCN. The normalized spacial score (nSPS) is 11.4. The molecule has 0 radical (unpaired) electrons. The first-order valence-electron chi connectivity index (χ1n) is 5.93. The summed E-state index contributed by atoms with van der Waals surface area (Å²) >= 11 is 0. The topological polar surface area (TPSA) is 77.2 Å². The van der Waals surface area contributed by atoms with Gasteiger partial charge in [0.2, 0.25) is 0 Å². The van der Waals surface area contributed by atoms with Crippen molar-refractivity contribution in [3.8, 4) is 0 Å². The third-order valence-electron chi connectivity index (χ3n) is 2.65. The van der Waals surface area contributed by atoms with Gasteiger partial charge in [-0.25, -0.2) is 8.42 Å². The summed E-state index contributed by atoms with van der Waals surface area (Å²) in [6.07, 6.45) is 2.47. The van der Waals surface area contributed by atoms with Crippen LogP contribution in [0.5, 0.6) is 0 Å². The van der Waals surface area contributed by atoms with Crippen LogP contribution in [0.2, 0.25) is 0 Å². The Morgan fingerprint density at radius 2 is 1.94 bits per heavy atom. The van der Waals surface area contributed by atoms with Crippen LogP contribution < -0.4 is 5.73 Å². The predicted molar refractivity (Wildman–Crippen MR) is 72.5 cm³/mol. The molecule has 0 amide bonds. The zero-order chi connectivity index (χ0) is 13.6. The Bertz CT molecular complexity index is 509. The van der Waals surface area contributed by atoms with E-state index in [9.17, 15) is 13.2 Å². The second kappa shape index (κ2) is 6.66. The molecule has 4 nitrogen and oxygen atoms in total. The number of Topliss-reactive ketones (excluding diaryl/α,β-unsaturated/α-hetero) is 1. The van der Waals surface area contributed by atoms with Gasteiger partial charge < -0.3 is 5.73 Å². The Kier molecular flexibility index (Phi) is 5.50. The maximum absolute atomic E-state index is 12.0. The molecule has 1 aromatic carbocycles. The van der Waals surface area contributed by atoms with Crippen molar-refractivity contribution in [3.63, 3.8) is 0 Å². The maximum atomic E-state index is 12.0. The van der Waals surface area contributed by atoms with E-state index in [0.717, 1.165) is 5.56 Å². The van der Waals surface area contributed by atoms with E-state index < -0.39 is 9.84 Å². The first-order valence-corrected chi connectivity index (χ1v) is 7.99. The van der Waals surface area contributed by atoms with Crippen LogP contribution in [0.3, 0.4) is 0 Å². The number of hydrogen-bond donors (Lipinski definition) is 1. The van der Waals surface area contributed by atoms with Crippen molar-refractivity contribution in [2.24, 2.45) is 5.73 Å². The molecule has 0 aliphatic heterocycles. The number of hydrogen-bond acceptors (Lipinski definition) is 4. The van der Waals surface area contributed by atoms with Crippen LogP contribution in [0.25, 0.3) is 0 Å². The number of benzene rings is 1. The van der Waals surface area contributed by atoms with Crippen LogP contribution >= 0.6 is 0 Å². The van der Waals surface area contributed by atoms with Gasteiger partial charge in [0.1, 0.15) is 9.84 Å². The van der Waals surface area contributed by atoms with E-state index in [2.05, 4.69) is 0 Å². The Labute approximate surface area is 108 Å². The highest BCUT2D eigenvalue weighted by atomic mass is 32.2. The standard InChI is InChI=1S/C13H19NO3S/c1-18(16,17)10-4-7-13(15)12-6-3-2-5-11(12)8-9-14/h2-3,5-6H,4,7-10,14H2,1H3. The molecule has 2 N–H and O–H groups in total. The Morgan fingerprint density at radius 3 is 2.56 bits per heavy atom. The van der Waals surface area contributed by atoms with Gasteiger partial charge in [0.05, 0.1) is 5.75 Å². The van der Waals surface area contributed by atoms with Gasteiger partial charge in [-0.15, -0.1) is 0 Å². The molecule has 5 heteroatoms. The molecular weight excluding hydrogens is 250 g/mol. The average molecular weight is 269 g/mol. The van der Waals surface area contributed by atoms with E-state index in [-0.39, 0.29) is 18.0 Å². The molecule has 0 unspecified atom stereocenters. The number of sulfone groups is 1. The second-order valence-corrected chi connectivity index (χ2v) is 6.61. The van der Waals surface area contributed by atoms with Crippen LogP contribution in [0, 0.1) is 0 Å². The van der Waals surface area contributed by atoms with Gasteiger partial charge in [0, 0.05) is 18.2 Å². The minimum absolute atomic E-state index is 0.0114. The van der Waals surface area contributed by atoms with Gasteiger partial charge in [-0.2, -0.15) is 0 Å². The number of nitrogens with two attached hydrogens (primary N) is 1. The third kappa shape index (κ3) is 4.98. The highest BCUT2D eigenvalue weighted by Gasteiger charge is 2.11. The molecule has 0 bridgehead atoms. The molecule has 0 atom stereocenters. The van der Waals surface area contributed by atoms with E-state index >= 15 is 0 Å². The van der Waals surface area contributed by atoms with E-state index in [0.29, 0.717) is 24.9 Å². The summed E-state index contributed by atoms with van der Waals surface area (Å²) in [5.41, 5.74) is 7.09. The fourth-order valence-corrected chi connectivity index (χ4v) is 2.46. The average Bonchev–Trinajstić information content (AvgIpc) is 2.28. The van der Waals surface area contributed by atoms with Crippen molar-refractivity contribution in [2.45, 2.75) is 19.3 Å². The smallest absolute Gasteiger partial charge is 0.163 e. The van der Waals surface area contributed by atoms with Crippen LogP contribution in [0.15, 0.2) is 24.3 Å². The largest absolute Gasteiger partial charge is 0.330 e. The highest BCUT2D eigenvalue weighted by molar-refractivity contribution is 7.90. The fourth-order valence-electron chi connectivity index (χ4n) is 1.80. The van der Waals surface area contributed by atoms with Crippen molar-refractivity contribution in [3.05, 3.63) is 35.4 Å². The zero-order valence-electron chi connectivity index (χ0n) is 10.6. The molecule has 0 aliphatic rings. The summed E-state index contributed by atoms with van der Waals surface area (Å²) in [6, 6.07) is 7.34. The van der Waals surface area contributed by atoms with Gasteiger partial charge in [-0.3, -0.25) is 4.79 Å². The molecule has 0 heterocycles. The van der Waals surface area contributed by atoms with Crippen molar-refractivity contribution in [2.75, 3.05) is 18.6 Å². The first-order chi connectivity index (χ1) is 8.44. The summed E-state index contributed by atoms with van der Waals surface area (Å²) in [6.45, 7) is 0.494. The van der Waals surface area contributed by atoms with Gasteiger partial charge >= 0.3 is 0 Å². The molecule has 0 spiro atoms. The molecule has 1 aromatic rings. The van der Waals surface area contributed by atoms with Gasteiger partial charge in [-0.05, 0) is 24.9 Å². The Morgan fingerprint density at radius 1 is 1.28 bits per heavy atom. The fraction of sp³-hybridized carbons (Fsp3) is 0.462. The lowest BCUT2D eigenvalue weighted by atomic mass is 9.99.